The van der Waals surface area contributed by atoms with E-state index in [0.717, 1.165) is 11.0 Å². The number of anilines is 1. The number of rotatable bonds is 3. The molecule has 0 radical (unpaired) electrons. The van der Waals surface area contributed by atoms with E-state index in [9.17, 15) is 10.1 Å². The molecule has 7 nitrogen and oxygen atoms in total. The van der Waals surface area contributed by atoms with E-state index in [2.05, 4.69) is 86.7 Å². The topological polar surface area (TPSA) is 69.5 Å². The Morgan fingerprint density at radius 1 is 1.18 bits per heavy atom. The van der Waals surface area contributed by atoms with Gasteiger partial charge in [0, 0.05) is 42.7 Å². The Kier molecular flexibility index (Phi) is 6.25. The first-order chi connectivity index (χ1) is 15.8. The molecule has 3 heterocycles. The van der Waals surface area contributed by atoms with Crippen molar-refractivity contribution < 1.29 is 0 Å². The highest BCUT2D eigenvalue weighted by atomic mass is 79.9. The highest BCUT2D eigenvalue weighted by Gasteiger charge is 2.36. The summed E-state index contributed by atoms with van der Waals surface area (Å²) >= 11 is 3.50. The molecule has 168 valence electrons. The first kappa shape index (κ1) is 23.0. The molecule has 0 N–H and O–H groups in total. The summed E-state index contributed by atoms with van der Waals surface area (Å²) in [5, 5.41) is 9.91. The zero-order valence-electron chi connectivity index (χ0n) is 19.1. The molecular formula is C25H25BrN6O. The molecule has 1 fully saturated rings. The summed E-state index contributed by atoms with van der Waals surface area (Å²) in [6.45, 7) is 15.3. The molecule has 0 bridgehead atoms. The van der Waals surface area contributed by atoms with E-state index >= 15 is 0 Å². The van der Waals surface area contributed by atoms with E-state index in [1.54, 1.807) is 19.2 Å². The van der Waals surface area contributed by atoms with E-state index < -0.39 is 0 Å². The molecular weight excluding hydrogens is 480 g/mol. The molecule has 1 aliphatic rings. The summed E-state index contributed by atoms with van der Waals surface area (Å²) in [4.78, 5) is 25.6. The van der Waals surface area contributed by atoms with E-state index in [-0.39, 0.29) is 35.1 Å². The highest BCUT2D eigenvalue weighted by Crippen LogP contribution is 2.35. The maximum atomic E-state index is 13.0. The van der Waals surface area contributed by atoms with Crippen LogP contribution in [0.4, 0.5) is 11.5 Å². The highest BCUT2D eigenvalue weighted by molar-refractivity contribution is 9.10. The monoisotopic (exact) mass is 504 g/mol. The van der Waals surface area contributed by atoms with Gasteiger partial charge in [-0.2, -0.15) is 5.26 Å². The van der Waals surface area contributed by atoms with Crippen LogP contribution in [0.1, 0.15) is 37.9 Å². The van der Waals surface area contributed by atoms with Crippen molar-refractivity contribution in [2.45, 2.75) is 38.9 Å². The fourth-order valence-corrected chi connectivity index (χ4v) is 5.03. The number of aromatic nitrogens is 2. The molecule has 0 aliphatic carbocycles. The quantitative estimate of drug-likeness (QED) is 0.480. The van der Waals surface area contributed by atoms with E-state index in [1.165, 1.54) is 10.1 Å². The number of nitriles is 1. The minimum absolute atomic E-state index is 0.0416. The number of pyridine rings is 2. The molecule has 33 heavy (non-hydrogen) atoms. The van der Waals surface area contributed by atoms with Gasteiger partial charge in [0.2, 0.25) is 5.52 Å². The van der Waals surface area contributed by atoms with Gasteiger partial charge in [-0.1, -0.05) is 34.6 Å². The molecule has 0 saturated carbocycles. The Hall–Kier alpha value is -3.20. The number of benzene rings is 1. The maximum absolute atomic E-state index is 13.0. The van der Waals surface area contributed by atoms with Crippen molar-refractivity contribution in [2.24, 2.45) is 7.05 Å². The third kappa shape index (κ3) is 4.01. The van der Waals surface area contributed by atoms with Crippen LogP contribution in [0.15, 0.2) is 45.7 Å². The van der Waals surface area contributed by atoms with Gasteiger partial charge < -0.3 is 14.3 Å². The molecule has 3 aromatic rings. The number of fused-ring (bicyclic) bond motifs is 1. The Morgan fingerprint density at radius 3 is 2.52 bits per heavy atom. The first-order valence-corrected chi connectivity index (χ1v) is 11.6. The third-order valence-electron chi connectivity index (χ3n) is 6.60. The first-order valence-electron chi connectivity index (χ1n) is 10.9. The van der Waals surface area contributed by atoms with Gasteiger partial charge in [0.25, 0.3) is 11.4 Å². The fraction of sp³-hybridized carbons (Fsp3) is 0.360. The lowest BCUT2D eigenvalue weighted by Gasteiger charge is -2.47. The van der Waals surface area contributed by atoms with Crippen LogP contribution in [-0.2, 0) is 7.05 Å². The molecule has 8 heteroatoms. The summed E-state index contributed by atoms with van der Waals surface area (Å²) in [7, 11) is 1.64. The zero-order chi connectivity index (χ0) is 23.9. The van der Waals surface area contributed by atoms with Gasteiger partial charge in [-0.3, -0.25) is 9.69 Å². The molecule has 0 amide bonds. The molecule has 3 atom stereocenters. The molecule has 1 saturated heterocycles. The molecule has 1 aromatic carbocycles. The minimum Gasteiger partial charge on any atom is -0.361 e. The number of halogens is 1. The van der Waals surface area contributed by atoms with Crippen molar-refractivity contribution in [3.8, 4) is 6.07 Å². The normalized spacial score (nSPS) is 19.8. The van der Waals surface area contributed by atoms with Gasteiger partial charge in [-0.05, 0) is 50.6 Å². The van der Waals surface area contributed by atoms with Gasteiger partial charge >= 0.3 is 0 Å². The number of nitrogens with zero attached hydrogens (tertiary/aromatic N) is 6. The van der Waals surface area contributed by atoms with Crippen LogP contribution in [0.5, 0.6) is 0 Å². The predicted molar refractivity (Wildman–Crippen MR) is 133 cm³/mol. The van der Waals surface area contributed by atoms with Crippen molar-refractivity contribution in [3.63, 3.8) is 0 Å². The summed E-state index contributed by atoms with van der Waals surface area (Å²) in [5.74, 6) is 0.245. The van der Waals surface area contributed by atoms with Crippen molar-refractivity contribution in [2.75, 3.05) is 18.0 Å². The zero-order valence-corrected chi connectivity index (χ0v) is 20.7. The number of piperazine rings is 1. The largest absolute Gasteiger partial charge is 0.361 e. The standard InChI is InChI=1S/C25H25BrN6O/c1-15-14-32(16(2)13-31(15)17(3)18-6-8-19(26)9-7-18)24-20(12-27)25(33)30(5)21-10-11-22(28-4)29-23(21)24/h6-11,15-17H,13-14H2,1-3,5H3/t15-,16+,17?/m1/s1. The second kappa shape index (κ2) is 8.97. The van der Waals surface area contributed by atoms with Crippen LogP contribution in [-0.4, -0.2) is 39.6 Å². The lowest BCUT2D eigenvalue weighted by molar-refractivity contribution is 0.119. The Balaban J connectivity index is 1.78. The molecule has 1 unspecified atom stereocenters. The van der Waals surface area contributed by atoms with Crippen molar-refractivity contribution in [1.29, 1.82) is 5.26 Å². The second-order valence-electron chi connectivity index (χ2n) is 8.62. The van der Waals surface area contributed by atoms with E-state index in [0.29, 0.717) is 23.3 Å². The Bertz CT molecular complexity index is 1350. The summed E-state index contributed by atoms with van der Waals surface area (Å²) in [5.41, 5.74) is 2.65. The van der Waals surface area contributed by atoms with Crippen LogP contribution in [0.3, 0.4) is 0 Å². The average Bonchev–Trinajstić information content (AvgIpc) is 2.82. The van der Waals surface area contributed by atoms with Crippen LogP contribution < -0.4 is 10.5 Å². The van der Waals surface area contributed by atoms with Crippen molar-refractivity contribution >= 4 is 38.5 Å². The molecule has 2 aromatic heterocycles. The summed E-state index contributed by atoms with van der Waals surface area (Å²) in [6.07, 6.45) is 0. The lowest BCUT2D eigenvalue weighted by atomic mass is 9.99. The second-order valence-corrected chi connectivity index (χ2v) is 9.54. The van der Waals surface area contributed by atoms with Crippen LogP contribution in [0, 0.1) is 17.9 Å². The predicted octanol–water partition coefficient (Wildman–Crippen LogP) is 4.78. The molecule has 1 aliphatic heterocycles. The van der Waals surface area contributed by atoms with Crippen LogP contribution in [0.25, 0.3) is 15.9 Å². The molecule has 4 rings (SSSR count). The van der Waals surface area contributed by atoms with Crippen molar-refractivity contribution in [1.82, 2.24) is 14.5 Å². The Morgan fingerprint density at radius 2 is 1.88 bits per heavy atom. The van der Waals surface area contributed by atoms with Crippen LogP contribution >= 0.6 is 15.9 Å². The smallest absolute Gasteiger partial charge is 0.271 e. The number of hydrogen-bond donors (Lipinski definition) is 0. The van der Waals surface area contributed by atoms with Crippen LogP contribution in [0.2, 0.25) is 0 Å². The third-order valence-corrected chi connectivity index (χ3v) is 7.13. The maximum Gasteiger partial charge on any atom is 0.271 e. The summed E-state index contributed by atoms with van der Waals surface area (Å²) in [6, 6.07) is 14.3. The van der Waals surface area contributed by atoms with Gasteiger partial charge in [0.05, 0.1) is 5.52 Å². The van der Waals surface area contributed by atoms with E-state index in [4.69, 9.17) is 6.57 Å². The van der Waals surface area contributed by atoms with Gasteiger partial charge in [-0.15, -0.1) is 4.98 Å². The van der Waals surface area contributed by atoms with Crippen molar-refractivity contribution in [3.05, 3.63) is 73.8 Å². The number of aryl methyl sites for hydroxylation is 1. The van der Waals surface area contributed by atoms with Gasteiger partial charge in [-0.25, -0.2) is 0 Å². The number of hydrogen-bond acceptors (Lipinski definition) is 5. The fourth-order valence-electron chi connectivity index (χ4n) is 4.76. The van der Waals surface area contributed by atoms with Gasteiger partial charge in [0.15, 0.2) is 0 Å². The average molecular weight is 505 g/mol. The lowest BCUT2D eigenvalue weighted by Crippen LogP contribution is -2.57. The van der Waals surface area contributed by atoms with Gasteiger partial charge in [0.1, 0.15) is 17.3 Å². The Labute approximate surface area is 201 Å². The minimum atomic E-state index is -0.345. The SMILES string of the molecule is [C-]#[N+]c1ccc2c(n1)c(N1C[C@@H](C)N(C(C)c3ccc(Br)cc3)C[C@@H]1C)c(C#N)c(=O)n2C. The van der Waals surface area contributed by atoms with E-state index in [1.807, 2.05) is 0 Å². The molecule has 0 spiro atoms. The summed E-state index contributed by atoms with van der Waals surface area (Å²) < 4.78 is 2.50.